The molecule has 0 amide bonds. The number of hydrogen-bond donors (Lipinski definition) is 0. The summed E-state index contributed by atoms with van der Waals surface area (Å²) < 4.78 is 1.62. The van der Waals surface area contributed by atoms with Crippen LogP contribution in [-0.4, -0.2) is 28.4 Å². The lowest BCUT2D eigenvalue weighted by molar-refractivity contribution is -0.119. The zero-order valence-electron chi connectivity index (χ0n) is 9.35. The minimum absolute atomic E-state index is 0.0700. The molecule has 86 valence electrons. The van der Waals surface area contributed by atoms with E-state index in [1.165, 1.54) is 0 Å². The number of anilines is 1. The molecule has 5 nitrogen and oxygen atoms in total. The Labute approximate surface area is 93.7 Å². The highest BCUT2D eigenvalue weighted by atomic mass is 16.1. The average Bonchev–Trinajstić information content (AvgIpc) is 2.31. The van der Waals surface area contributed by atoms with E-state index < -0.39 is 0 Å². The first kappa shape index (κ1) is 10.9. The second-order valence-electron chi connectivity index (χ2n) is 3.87. The van der Waals surface area contributed by atoms with Crippen LogP contribution in [0.3, 0.4) is 0 Å². The van der Waals surface area contributed by atoms with E-state index in [0.717, 1.165) is 0 Å². The normalized spacial score (nSPS) is 16.6. The zero-order valence-corrected chi connectivity index (χ0v) is 9.35. The van der Waals surface area contributed by atoms with E-state index in [1.54, 1.807) is 17.0 Å². The maximum absolute atomic E-state index is 12.0. The fraction of sp³-hybridized carbons (Fsp3) is 0.545. The molecule has 0 aromatic carbocycles. The van der Waals surface area contributed by atoms with Crippen LogP contribution in [-0.2, 0) is 11.3 Å². The topological polar surface area (TPSA) is 55.2 Å². The van der Waals surface area contributed by atoms with E-state index in [2.05, 4.69) is 4.98 Å². The first-order valence-electron chi connectivity index (χ1n) is 5.54. The quantitative estimate of drug-likeness (QED) is 0.727. The van der Waals surface area contributed by atoms with Crippen LogP contribution in [0.4, 0.5) is 5.82 Å². The van der Waals surface area contributed by atoms with Crippen molar-refractivity contribution in [2.75, 3.05) is 18.0 Å². The molecule has 1 aliphatic heterocycles. The fourth-order valence-electron chi connectivity index (χ4n) is 1.87. The molecule has 0 N–H and O–H groups in total. The Kier molecular flexibility index (Phi) is 3.03. The van der Waals surface area contributed by atoms with Crippen LogP contribution in [0, 0.1) is 0 Å². The smallest absolute Gasteiger partial charge is 0.293 e. The van der Waals surface area contributed by atoms with Crippen molar-refractivity contribution in [3.63, 3.8) is 0 Å². The third-order valence-corrected chi connectivity index (χ3v) is 2.86. The Morgan fingerprint density at radius 2 is 2.00 bits per heavy atom. The van der Waals surface area contributed by atoms with Crippen LogP contribution in [0.2, 0.25) is 0 Å². The molecule has 0 atom stereocenters. The first-order valence-corrected chi connectivity index (χ1v) is 5.54. The second kappa shape index (κ2) is 4.47. The maximum Gasteiger partial charge on any atom is 0.293 e. The molecule has 0 saturated carbocycles. The molecular weight excluding hydrogens is 206 g/mol. The van der Waals surface area contributed by atoms with Crippen molar-refractivity contribution in [1.82, 2.24) is 9.55 Å². The van der Waals surface area contributed by atoms with Crippen LogP contribution in [0.1, 0.15) is 19.8 Å². The van der Waals surface area contributed by atoms with Gasteiger partial charge in [-0.1, -0.05) is 0 Å². The monoisotopic (exact) mass is 221 g/mol. The molecule has 1 aliphatic rings. The van der Waals surface area contributed by atoms with Gasteiger partial charge in [-0.25, -0.2) is 4.98 Å². The minimum Gasteiger partial charge on any atom is -0.351 e. The van der Waals surface area contributed by atoms with Crippen LogP contribution < -0.4 is 10.5 Å². The predicted molar refractivity (Wildman–Crippen MR) is 60.6 cm³/mol. The van der Waals surface area contributed by atoms with E-state index in [9.17, 15) is 9.59 Å². The summed E-state index contributed by atoms with van der Waals surface area (Å²) in [5.41, 5.74) is -0.0700. The summed E-state index contributed by atoms with van der Waals surface area (Å²) in [4.78, 5) is 29.1. The highest BCUT2D eigenvalue weighted by Gasteiger charge is 2.19. The molecular formula is C11H15N3O2. The average molecular weight is 221 g/mol. The van der Waals surface area contributed by atoms with Crippen LogP contribution in [0.15, 0.2) is 17.2 Å². The number of aryl methyl sites for hydroxylation is 1. The Bertz CT molecular complexity index is 443. The largest absolute Gasteiger partial charge is 0.351 e. The maximum atomic E-state index is 12.0. The van der Waals surface area contributed by atoms with Crippen LogP contribution >= 0.6 is 0 Å². The lowest BCUT2D eigenvalue weighted by atomic mass is 10.1. The number of rotatable bonds is 2. The van der Waals surface area contributed by atoms with Crippen molar-refractivity contribution in [1.29, 1.82) is 0 Å². The summed E-state index contributed by atoms with van der Waals surface area (Å²) in [6, 6.07) is 0. The molecule has 0 spiro atoms. The van der Waals surface area contributed by atoms with Gasteiger partial charge in [0.15, 0.2) is 5.82 Å². The molecule has 0 aliphatic carbocycles. The first-order chi connectivity index (χ1) is 7.72. The molecule has 5 heteroatoms. The van der Waals surface area contributed by atoms with Crippen molar-refractivity contribution >= 4 is 11.6 Å². The van der Waals surface area contributed by atoms with Gasteiger partial charge in [0.1, 0.15) is 5.78 Å². The van der Waals surface area contributed by atoms with E-state index >= 15 is 0 Å². The summed E-state index contributed by atoms with van der Waals surface area (Å²) in [7, 11) is 0. The van der Waals surface area contributed by atoms with Crippen molar-refractivity contribution in [2.45, 2.75) is 26.3 Å². The van der Waals surface area contributed by atoms with Gasteiger partial charge in [0, 0.05) is 44.9 Å². The lowest BCUT2D eigenvalue weighted by Gasteiger charge is -2.26. The molecule has 1 saturated heterocycles. The zero-order chi connectivity index (χ0) is 11.5. The second-order valence-corrected chi connectivity index (χ2v) is 3.87. The SMILES string of the molecule is CCn1ccnc(N2CCC(=O)CC2)c1=O. The minimum atomic E-state index is -0.0700. The molecule has 0 unspecified atom stereocenters. The van der Waals surface area contributed by atoms with Crippen LogP contribution in [0.5, 0.6) is 0 Å². The molecule has 0 bridgehead atoms. The lowest BCUT2D eigenvalue weighted by Crippen LogP contribution is -2.39. The Morgan fingerprint density at radius 1 is 1.31 bits per heavy atom. The molecule has 1 fully saturated rings. The van der Waals surface area contributed by atoms with Crippen molar-refractivity contribution in [3.8, 4) is 0 Å². The number of hydrogen-bond acceptors (Lipinski definition) is 4. The summed E-state index contributed by atoms with van der Waals surface area (Å²) in [6.07, 6.45) is 4.35. The van der Waals surface area contributed by atoms with Crippen molar-refractivity contribution in [3.05, 3.63) is 22.7 Å². The third kappa shape index (κ3) is 1.98. The summed E-state index contributed by atoms with van der Waals surface area (Å²) in [5.74, 6) is 0.736. The Hall–Kier alpha value is -1.65. The van der Waals surface area contributed by atoms with E-state index in [0.29, 0.717) is 38.3 Å². The van der Waals surface area contributed by atoms with Gasteiger partial charge < -0.3 is 9.47 Å². The summed E-state index contributed by atoms with van der Waals surface area (Å²) in [6.45, 7) is 3.77. The molecule has 2 heterocycles. The molecule has 0 radical (unpaired) electrons. The number of carbonyl (C=O) groups excluding carboxylic acids is 1. The fourth-order valence-corrected chi connectivity index (χ4v) is 1.87. The van der Waals surface area contributed by atoms with Gasteiger partial charge in [-0.2, -0.15) is 0 Å². The van der Waals surface area contributed by atoms with Crippen molar-refractivity contribution in [2.24, 2.45) is 0 Å². The number of carbonyl (C=O) groups is 1. The number of nitrogens with zero attached hydrogens (tertiary/aromatic N) is 3. The molecule has 16 heavy (non-hydrogen) atoms. The van der Waals surface area contributed by atoms with Gasteiger partial charge in [-0.05, 0) is 6.92 Å². The van der Waals surface area contributed by atoms with Gasteiger partial charge in [0.05, 0.1) is 0 Å². The van der Waals surface area contributed by atoms with E-state index in [4.69, 9.17) is 0 Å². The van der Waals surface area contributed by atoms with E-state index in [-0.39, 0.29) is 11.3 Å². The van der Waals surface area contributed by atoms with Gasteiger partial charge >= 0.3 is 0 Å². The van der Waals surface area contributed by atoms with Gasteiger partial charge in [-0.3, -0.25) is 9.59 Å². The van der Waals surface area contributed by atoms with Gasteiger partial charge in [-0.15, -0.1) is 0 Å². The highest BCUT2D eigenvalue weighted by Crippen LogP contribution is 2.11. The molecule has 1 aromatic heterocycles. The van der Waals surface area contributed by atoms with Gasteiger partial charge in [0.25, 0.3) is 5.56 Å². The van der Waals surface area contributed by atoms with Gasteiger partial charge in [0.2, 0.25) is 0 Å². The highest BCUT2D eigenvalue weighted by molar-refractivity contribution is 5.80. The molecule has 1 aromatic rings. The van der Waals surface area contributed by atoms with Crippen molar-refractivity contribution < 1.29 is 4.79 Å². The Morgan fingerprint density at radius 3 is 2.62 bits per heavy atom. The standard InChI is InChI=1S/C11H15N3O2/c1-2-13-8-5-12-10(11(13)16)14-6-3-9(15)4-7-14/h5,8H,2-4,6-7H2,1H3. The number of piperidine rings is 1. The third-order valence-electron chi connectivity index (χ3n) is 2.86. The Balaban J connectivity index is 2.27. The predicted octanol–water partition coefficient (Wildman–Crippen LogP) is 0.433. The van der Waals surface area contributed by atoms with Crippen LogP contribution in [0.25, 0.3) is 0 Å². The number of ketones is 1. The number of aromatic nitrogens is 2. The summed E-state index contributed by atoms with van der Waals surface area (Å²) >= 11 is 0. The number of Topliss-reactive ketones (excluding diaryl/α,β-unsaturated/α-hetero) is 1. The molecule has 2 rings (SSSR count). The van der Waals surface area contributed by atoms with E-state index in [1.807, 2.05) is 11.8 Å². The summed E-state index contributed by atoms with van der Waals surface area (Å²) in [5, 5.41) is 0.